The molecule has 1 aliphatic rings. The Morgan fingerprint density at radius 3 is 2.37 bits per heavy atom. The molecule has 0 atom stereocenters. The molecular weight excluding hydrogens is 429 g/mol. The SMILES string of the molecule is Cc1[nH]c(=O)sc1S(=O)(=O)N1CCN(c2ncc(C(F)(F)F)cc2Cl)CC1. The number of halogens is 4. The van der Waals surface area contributed by atoms with Gasteiger partial charge in [0.2, 0.25) is 0 Å². The van der Waals surface area contributed by atoms with E-state index in [0.29, 0.717) is 17.5 Å². The Kier molecular flexibility index (Phi) is 5.27. The molecule has 0 unspecified atom stereocenters. The average molecular weight is 443 g/mol. The van der Waals surface area contributed by atoms with E-state index in [1.54, 1.807) is 4.90 Å². The molecule has 0 spiro atoms. The van der Waals surface area contributed by atoms with Gasteiger partial charge in [-0.15, -0.1) is 0 Å². The van der Waals surface area contributed by atoms with Crippen LogP contribution in [0.5, 0.6) is 0 Å². The molecule has 3 rings (SSSR count). The highest BCUT2D eigenvalue weighted by Gasteiger charge is 2.34. The second-order valence-electron chi connectivity index (χ2n) is 5.85. The van der Waals surface area contributed by atoms with Gasteiger partial charge in [0, 0.05) is 38.1 Å². The second-order valence-corrected chi connectivity index (χ2v) is 9.37. The van der Waals surface area contributed by atoms with E-state index in [2.05, 4.69) is 9.97 Å². The van der Waals surface area contributed by atoms with E-state index in [0.717, 1.165) is 6.07 Å². The maximum absolute atomic E-state index is 12.7. The normalized spacial score (nSPS) is 16.7. The van der Waals surface area contributed by atoms with Crippen molar-refractivity contribution in [3.63, 3.8) is 0 Å². The number of pyridine rings is 1. The lowest BCUT2D eigenvalue weighted by molar-refractivity contribution is -0.137. The molecule has 7 nitrogen and oxygen atoms in total. The van der Waals surface area contributed by atoms with E-state index in [9.17, 15) is 26.4 Å². The topological polar surface area (TPSA) is 86.4 Å². The predicted molar refractivity (Wildman–Crippen MR) is 94.9 cm³/mol. The van der Waals surface area contributed by atoms with Gasteiger partial charge in [0.25, 0.3) is 10.0 Å². The number of aromatic amines is 1. The van der Waals surface area contributed by atoms with Gasteiger partial charge in [-0.2, -0.15) is 17.5 Å². The summed E-state index contributed by atoms with van der Waals surface area (Å²) in [4.78, 5) is 18.8. The summed E-state index contributed by atoms with van der Waals surface area (Å²) in [6, 6.07) is 0.799. The van der Waals surface area contributed by atoms with Gasteiger partial charge in [0.15, 0.2) is 4.21 Å². The van der Waals surface area contributed by atoms with E-state index >= 15 is 0 Å². The fourth-order valence-electron chi connectivity index (χ4n) is 2.71. The van der Waals surface area contributed by atoms with Crippen LogP contribution in [0.1, 0.15) is 11.3 Å². The molecule has 1 saturated heterocycles. The summed E-state index contributed by atoms with van der Waals surface area (Å²) in [6.07, 6.45) is -3.84. The third-order valence-electron chi connectivity index (χ3n) is 4.04. The summed E-state index contributed by atoms with van der Waals surface area (Å²) >= 11 is 6.57. The number of nitrogens with zero attached hydrogens (tertiary/aromatic N) is 3. The summed E-state index contributed by atoms with van der Waals surface area (Å²) in [6.45, 7) is 2.10. The fourth-order valence-corrected chi connectivity index (χ4v) is 5.86. The monoisotopic (exact) mass is 442 g/mol. The largest absolute Gasteiger partial charge is 0.417 e. The number of alkyl halides is 3. The van der Waals surface area contributed by atoms with Crippen LogP contribution in [0.15, 0.2) is 21.3 Å². The first-order chi connectivity index (χ1) is 12.5. The highest BCUT2D eigenvalue weighted by molar-refractivity contribution is 7.91. The van der Waals surface area contributed by atoms with Crippen LogP contribution in [0.25, 0.3) is 0 Å². The Labute approximate surface area is 161 Å². The van der Waals surface area contributed by atoms with E-state index in [1.807, 2.05) is 0 Å². The van der Waals surface area contributed by atoms with E-state index < -0.39 is 26.6 Å². The van der Waals surface area contributed by atoms with Crippen molar-refractivity contribution in [1.29, 1.82) is 0 Å². The molecule has 13 heteroatoms. The zero-order valence-corrected chi connectivity index (χ0v) is 16.3. The summed E-state index contributed by atoms with van der Waals surface area (Å²) < 4.78 is 64.7. The number of hydrogen-bond acceptors (Lipinski definition) is 6. The number of thiazole rings is 1. The number of hydrogen-bond donors (Lipinski definition) is 1. The molecule has 148 valence electrons. The fraction of sp³-hybridized carbons (Fsp3) is 0.429. The molecule has 3 heterocycles. The zero-order chi connectivity index (χ0) is 20.0. The van der Waals surface area contributed by atoms with Crippen molar-refractivity contribution < 1.29 is 21.6 Å². The maximum atomic E-state index is 12.7. The van der Waals surface area contributed by atoms with Crippen molar-refractivity contribution in [3.8, 4) is 0 Å². The zero-order valence-electron chi connectivity index (χ0n) is 13.9. The molecule has 27 heavy (non-hydrogen) atoms. The van der Waals surface area contributed by atoms with E-state index in [1.165, 1.54) is 11.2 Å². The first-order valence-electron chi connectivity index (χ1n) is 7.67. The van der Waals surface area contributed by atoms with Crippen molar-refractivity contribution in [2.75, 3.05) is 31.1 Å². The van der Waals surface area contributed by atoms with Crippen molar-refractivity contribution in [2.24, 2.45) is 0 Å². The van der Waals surface area contributed by atoms with Crippen molar-refractivity contribution in [1.82, 2.24) is 14.3 Å². The molecular formula is C14H14ClF3N4O3S2. The van der Waals surface area contributed by atoms with Gasteiger partial charge in [-0.25, -0.2) is 13.4 Å². The minimum absolute atomic E-state index is 0.0355. The molecule has 0 bridgehead atoms. The summed E-state index contributed by atoms with van der Waals surface area (Å²) in [5, 5.41) is -0.152. The molecule has 1 N–H and O–H groups in total. The lowest BCUT2D eigenvalue weighted by Crippen LogP contribution is -2.49. The summed E-state index contributed by atoms with van der Waals surface area (Å²) in [5.74, 6) is 0.171. The number of aryl methyl sites for hydroxylation is 1. The lowest BCUT2D eigenvalue weighted by atomic mass is 10.2. The number of rotatable bonds is 3. The van der Waals surface area contributed by atoms with Crippen LogP contribution >= 0.6 is 22.9 Å². The van der Waals surface area contributed by atoms with Crippen LogP contribution in [0, 0.1) is 6.92 Å². The molecule has 0 aromatic carbocycles. The number of nitrogens with one attached hydrogen (secondary N) is 1. The molecule has 0 aliphatic carbocycles. The van der Waals surface area contributed by atoms with Crippen molar-refractivity contribution >= 4 is 38.8 Å². The van der Waals surface area contributed by atoms with Gasteiger partial charge in [-0.3, -0.25) is 4.79 Å². The minimum atomic E-state index is -4.54. The first-order valence-corrected chi connectivity index (χ1v) is 10.3. The first kappa shape index (κ1) is 20.1. The van der Waals surface area contributed by atoms with Crippen LogP contribution in [-0.2, 0) is 16.2 Å². The third-order valence-corrected chi connectivity index (χ3v) is 7.80. The molecule has 1 fully saturated rings. The van der Waals surface area contributed by atoms with E-state index in [4.69, 9.17) is 11.6 Å². The quantitative estimate of drug-likeness (QED) is 0.788. The van der Waals surface area contributed by atoms with Gasteiger partial charge in [0.05, 0.1) is 10.6 Å². The number of anilines is 1. The molecule has 1 aliphatic heterocycles. The molecule has 2 aromatic rings. The smallest absolute Gasteiger partial charge is 0.353 e. The molecule has 0 saturated carbocycles. The highest BCUT2D eigenvalue weighted by Crippen LogP contribution is 2.34. The Bertz CT molecular complexity index is 1010. The van der Waals surface area contributed by atoms with Crippen LogP contribution in [-0.4, -0.2) is 48.9 Å². The predicted octanol–water partition coefficient (Wildman–Crippen LogP) is 2.32. The highest BCUT2D eigenvalue weighted by atomic mass is 35.5. The Morgan fingerprint density at radius 2 is 1.89 bits per heavy atom. The van der Waals surface area contributed by atoms with Gasteiger partial charge >= 0.3 is 11.0 Å². The van der Waals surface area contributed by atoms with Crippen LogP contribution in [0.3, 0.4) is 0 Å². The standard InChI is InChI=1S/C14H14ClF3N4O3S2/c1-8-12(26-13(23)20-8)27(24,25)22-4-2-21(3-5-22)11-10(15)6-9(7-19-11)14(16,17)18/h6-7H,2-5H2,1H3,(H,20,23). The second kappa shape index (κ2) is 7.08. The molecule has 0 radical (unpaired) electrons. The Balaban J connectivity index is 1.76. The van der Waals surface area contributed by atoms with Gasteiger partial charge in [0.1, 0.15) is 5.82 Å². The van der Waals surface area contributed by atoms with Gasteiger partial charge < -0.3 is 9.88 Å². The maximum Gasteiger partial charge on any atom is 0.417 e. The van der Waals surface area contributed by atoms with Crippen LogP contribution in [0.4, 0.5) is 19.0 Å². The average Bonchev–Trinajstić information content (AvgIpc) is 2.93. The summed E-state index contributed by atoms with van der Waals surface area (Å²) in [5.41, 5.74) is -0.671. The van der Waals surface area contributed by atoms with Gasteiger partial charge in [-0.1, -0.05) is 22.9 Å². The molecule has 2 aromatic heterocycles. The third kappa shape index (κ3) is 3.98. The van der Waals surface area contributed by atoms with Crippen molar-refractivity contribution in [2.45, 2.75) is 17.3 Å². The van der Waals surface area contributed by atoms with Crippen LogP contribution < -0.4 is 9.77 Å². The molecule has 0 amide bonds. The minimum Gasteiger partial charge on any atom is -0.353 e. The van der Waals surface area contributed by atoms with Crippen LogP contribution in [0.2, 0.25) is 5.02 Å². The number of H-pyrrole nitrogens is 1. The lowest BCUT2D eigenvalue weighted by Gasteiger charge is -2.34. The summed E-state index contributed by atoms with van der Waals surface area (Å²) in [7, 11) is -3.82. The Morgan fingerprint density at radius 1 is 1.26 bits per heavy atom. The number of aromatic nitrogens is 2. The number of piperazine rings is 1. The number of sulfonamides is 1. The van der Waals surface area contributed by atoms with Gasteiger partial charge in [-0.05, 0) is 13.0 Å². The van der Waals surface area contributed by atoms with Crippen molar-refractivity contribution in [3.05, 3.63) is 38.2 Å². The van der Waals surface area contributed by atoms with E-state index in [-0.39, 0.29) is 46.9 Å². The Hall–Kier alpha value is -1.63.